The zero-order valence-electron chi connectivity index (χ0n) is 13.9. The highest BCUT2D eigenvalue weighted by Gasteiger charge is 2.29. The molecule has 1 saturated heterocycles. The standard InChI is InChI=1S/C18H20ClN3O2S/c1-10-15-18(25-17(10)16-12(20)5-3-7-24-16)13(8-14(19)22-15)21-9-11-4-2-6-23-11/h2,4,6,8,12,16H,3,5,7,9,20H2,1H3,(H,21,22)/t12-,16-/m0/s1. The lowest BCUT2D eigenvalue weighted by molar-refractivity contribution is 0.00207. The molecule has 25 heavy (non-hydrogen) atoms. The van der Waals surface area contributed by atoms with Crippen LogP contribution in [0.3, 0.4) is 0 Å². The Kier molecular flexibility index (Phi) is 4.69. The summed E-state index contributed by atoms with van der Waals surface area (Å²) in [4.78, 5) is 5.69. The van der Waals surface area contributed by atoms with Gasteiger partial charge in [-0.2, -0.15) is 0 Å². The number of aromatic nitrogens is 1. The van der Waals surface area contributed by atoms with E-state index in [9.17, 15) is 0 Å². The summed E-state index contributed by atoms with van der Waals surface area (Å²) in [5, 5.41) is 3.87. The molecule has 0 bridgehead atoms. The van der Waals surface area contributed by atoms with Crippen LogP contribution in [-0.4, -0.2) is 17.6 Å². The quantitative estimate of drug-likeness (QED) is 0.648. The zero-order chi connectivity index (χ0) is 17.4. The minimum Gasteiger partial charge on any atom is -0.467 e. The molecule has 2 atom stereocenters. The van der Waals surface area contributed by atoms with Crippen molar-refractivity contribution in [2.75, 3.05) is 11.9 Å². The fraction of sp³-hybridized carbons (Fsp3) is 0.389. The molecular weight excluding hydrogens is 358 g/mol. The Hall–Kier alpha value is -1.60. The van der Waals surface area contributed by atoms with E-state index in [0.717, 1.165) is 51.6 Å². The zero-order valence-corrected chi connectivity index (χ0v) is 15.5. The number of halogens is 1. The topological polar surface area (TPSA) is 73.3 Å². The van der Waals surface area contributed by atoms with E-state index in [1.807, 2.05) is 18.2 Å². The number of hydrogen-bond donors (Lipinski definition) is 2. The maximum absolute atomic E-state index is 6.30. The number of rotatable bonds is 4. The number of ether oxygens (including phenoxy) is 1. The van der Waals surface area contributed by atoms with Crippen molar-refractivity contribution in [3.8, 4) is 0 Å². The van der Waals surface area contributed by atoms with Crippen LogP contribution >= 0.6 is 22.9 Å². The fourth-order valence-corrected chi connectivity index (χ4v) is 4.79. The van der Waals surface area contributed by atoms with Crippen LogP contribution in [-0.2, 0) is 11.3 Å². The van der Waals surface area contributed by atoms with Crippen molar-refractivity contribution in [1.82, 2.24) is 4.98 Å². The lowest BCUT2D eigenvalue weighted by atomic mass is 10.00. The van der Waals surface area contributed by atoms with E-state index in [-0.39, 0.29) is 12.1 Å². The van der Waals surface area contributed by atoms with Gasteiger partial charge in [0.15, 0.2) is 0 Å². The highest BCUT2D eigenvalue weighted by atomic mass is 35.5. The third kappa shape index (κ3) is 3.27. The molecule has 0 unspecified atom stereocenters. The van der Waals surface area contributed by atoms with E-state index in [2.05, 4.69) is 17.2 Å². The lowest BCUT2D eigenvalue weighted by Gasteiger charge is -2.28. The lowest BCUT2D eigenvalue weighted by Crippen LogP contribution is -2.34. The van der Waals surface area contributed by atoms with E-state index in [0.29, 0.717) is 11.7 Å². The maximum atomic E-state index is 6.30. The molecule has 0 spiro atoms. The highest BCUT2D eigenvalue weighted by Crippen LogP contribution is 2.42. The predicted octanol–water partition coefficient (Wildman–Crippen LogP) is 4.64. The second kappa shape index (κ2) is 6.96. The number of thiophene rings is 1. The van der Waals surface area contributed by atoms with Gasteiger partial charge in [0.1, 0.15) is 17.0 Å². The van der Waals surface area contributed by atoms with Crippen molar-refractivity contribution >= 4 is 38.8 Å². The van der Waals surface area contributed by atoms with Crippen LogP contribution in [0.1, 0.15) is 35.1 Å². The summed E-state index contributed by atoms with van der Waals surface area (Å²) < 4.78 is 12.4. The maximum Gasteiger partial charge on any atom is 0.131 e. The number of fused-ring (bicyclic) bond motifs is 1. The van der Waals surface area contributed by atoms with Crippen LogP contribution in [0.2, 0.25) is 5.15 Å². The summed E-state index contributed by atoms with van der Waals surface area (Å²) in [5.74, 6) is 0.868. The SMILES string of the molecule is Cc1c([C@H]2OCCC[C@@H]2N)sc2c(NCc3ccco3)cc(Cl)nc12. The molecule has 0 aromatic carbocycles. The third-order valence-corrected chi connectivity index (χ3v) is 6.11. The molecule has 5 nitrogen and oxygen atoms in total. The summed E-state index contributed by atoms with van der Waals surface area (Å²) in [5.41, 5.74) is 9.27. The molecule has 7 heteroatoms. The van der Waals surface area contributed by atoms with Gasteiger partial charge in [0, 0.05) is 23.6 Å². The van der Waals surface area contributed by atoms with Crippen molar-refractivity contribution in [3.63, 3.8) is 0 Å². The van der Waals surface area contributed by atoms with E-state index >= 15 is 0 Å². The molecule has 3 aromatic heterocycles. The van der Waals surface area contributed by atoms with Crippen LogP contribution in [0.15, 0.2) is 28.9 Å². The third-order valence-electron chi connectivity index (χ3n) is 4.54. The van der Waals surface area contributed by atoms with Crippen molar-refractivity contribution in [2.45, 2.75) is 38.5 Å². The van der Waals surface area contributed by atoms with E-state index in [4.69, 9.17) is 26.5 Å². The van der Waals surface area contributed by atoms with Gasteiger partial charge in [-0.15, -0.1) is 11.3 Å². The number of anilines is 1. The van der Waals surface area contributed by atoms with Crippen LogP contribution in [0.4, 0.5) is 5.69 Å². The number of hydrogen-bond acceptors (Lipinski definition) is 6. The molecule has 0 saturated carbocycles. The number of nitrogens with zero attached hydrogens (tertiary/aromatic N) is 1. The van der Waals surface area contributed by atoms with Crippen molar-refractivity contribution in [1.29, 1.82) is 0 Å². The van der Waals surface area contributed by atoms with Gasteiger partial charge in [-0.3, -0.25) is 0 Å². The van der Waals surface area contributed by atoms with E-state index < -0.39 is 0 Å². The number of furan rings is 1. The van der Waals surface area contributed by atoms with Crippen LogP contribution in [0.5, 0.6) is 0 Å². The molecule has 1 aliphatic heterocycles. The highest BCUT2D eigenvalue weighted by molar-refractivity contribution is 7.20. The fourth-order valence-electron chi connectivity index (χ4n) is 3.24. The smallest absolute Gasteiger partial charge is 0.131 e. The van der Waals surface area contributed by atoms with Crippen molar-refractivity contribution < 1.29 is 9.15 Å². The molecular formula is C18H20ClN3O2S. The van der Waals surface area contributed by atoms with Gasteiger partial charge in [-0.1, -0.05) is 11.6 Å². The van der Waals surface area contributed by atoms with Crippen LogP contribution in [0, 0.1) is 6.92 Å². The van der Waals surface area contributed by atoms with Gasteiger partial charge < -0.3 is 20.2 Å². The monoisotopic (exact) mass is 377 g/mol. The summed E-state index contributed by atoms with van der Waals surface area (Å²) in [6, 6.07) is 5.69. The van der Waals surface area contributed by atoms with Gasteiger partial charge in [-0.25, -0.2) is 4.98 Å². The first kappa shape index (κ1) is 16.8. The Bertz CT molecular complexity index is 878. The Morgan fingerprint density at radius 1 is 1.48 bits per heavy atom. The largest absolute Gasteiger partial charge is 0.467 e. The van der Waals surface area contributed by atoms with Crippen LogP contribution in [0.25, 0.3) is 10.2 Å². The van der Waals surface area contributed by atoms with Crippen molar-refractivity contribution in [3.05, 3.63) is 45.8 Å². The Labute approximate surface area is 155 Å². The molecule has 1 fully saturated rings. The summed E-state index contributed by atoms with van der Waals surface area (Å²) in [6.07, 6.45) is 3.60. The normalized spacial score (nSPS) is 20.9. The van der Waals surface area contributed by atoms with Gasteiger partial charge >= 0.3 is 0 Å². The van der Waals surface area contributed by atoms with Gasteiger partial charge in [-0.05, 0) is 37.5 Å². The first-order chi connectivity index (χ1) is 12.1. The average molecular weight is 378 g/mol. The molecule has 1 aliphatic rings. The molecule has 3 aromatic rings. The molecule has 3 N–H and O–H groups in total. The van der Waals surface area contributed by atoms with Gasteiger partial charge in [0.25, 0.3) is 0 Å². The van der Waals surface area contributed by atoms with Crippen LogP contribution < -0.4 is 11.1 Å². The molecule has 4 heterocycles. The van der Waals surface area contributed by atoms with Gasteiger partial charge in [0.2, 0.25) is 0 Å². The summed E-state index contributed by atoms with van der Waals surface area (Å²) in [7, 11) is 0. The number of nitrogens with one attached hydrogen (secondary N) is 1. The second-order valence-corrected chi connectivity index (χ2v) is 7.73. The number of aryl methyl sites for hydroxylation is 1. The molecule has 132 valence electrons. The van der Waals surface area contributed by atoms with Gasteiger partial charge in [0.05, 0.1) is 28.7 Å². The van der Waals surface area contributed by atoms with Crippen molar-refractivity contribution in [2.24, 2.45) is 5.73 Å². The second-order valence-electron chi connectivity index (χ2n) is 6.29. The summed E-state index contributed by atoms with van der Waals surface area (Å²) >= 11 is 7.94. The molecule has 4 rings (SSSR count). The first-order valence-corrected chi connectivity index (χ1v) is 9.56. The first-order valence-electron chi connectivity index (χ1n) is 8.36. The predicted molar refractivity (Wildman–Crippen MR) is 101 cm³/mol. The van der Waals surface area contributed by atoms with E-state index in [1.165, 1.54) is 0 Å². The number of pyridine rings is 1. The average Bonchev–Trinajstić information content (AvgIpc) is 3.22. The minimum absolute atomic E-state index is 0.0236. The molecule has 0 amide bonds. The van der Waals surface area contributed by atoms with E-state index in [1.54, 1.807) is 17.6 Å². The Balaban J connectivity index is 1.72. The Morgan fingerprint density at radius 3 is 3.12 bits per heavy atom. The molecule has 0 radical (unpaired) electrons. The number of nitrogens with two attached hydrogens (primary N) is 1. The Morgan fingerprint density at radius 2 is 2.36 bits per heavy atom. The minimum atomic E-state index is -0.0651. The molecule has 0 aliphatic carbocycles. The summed E-state index contributed by atoms with van der Waals surface area (Å²) in [6.45, 7) is 3.41.